The fourth-order valence-electron chi connectivity index (χ4n) is 3.41. The van der Waals surface area contributed by atoms with E-state index in [1.807, 2.05) is 34.6 Å². The van der Waals surface area contributed by atoms with Crippen LogP contribution in [-0.4, -0.2) is 77.4 Å². The largest absolute Gasteiger partial charge is 0.480 e. The number of piperazine rings is 1. The van der Waals surface area contributed by atoms with Crippen molar-refractivity contribution in [2.24, 2.45) is 5.41 Å². The standard InChI is InChI=1S/C23H35N3O6/c1-22(2,3)32-21(30)26-15-13-25(14-16-26)12-11-23(4,5)18(19(27)28)24-20(29)31-17-9-7-6-8-10-17/h6-10,18H,11-16H2,1-5H3,(H,24,29)(H,27,28)/t18-/m0/s1. The quantitative estimate of drug-likeness (QED) is 0.658. The SMILES string of the molecule is CC(C)(C)OC(=O)N1CCN(CCC(C)(C)[C@@H](NC(=O)Oc2ccccc2)C(=O)O)CC1. The van der Waals surface area contributed by atoms with Gasteiger partial charge in [0.2, 0.25) is 0 Å². The van der Waals surface area contributed by atoms with E-state index in [2.05, 4.69) is 10.2 Å². The lowest BCUT2D eigenvalue weighted by atomic mass is 9.81. The number of aliphatic carboxylic acids is 1. The molecular weight excluding hydrogens is 414 g/mol. The van der Waals surface area contributed by atoms with Crippen LogP contribution in [0.5, 0.6) is 5.75 Å². The molecule has 0 bridgehead atoms. The highest BCUT2D eigenvalue weighted by Crippen LogP contribution is 2.27. The minimum Gasteiger partial charge on any atom is -0.480 e. The lowest BCUT2D eigenvalue weighted by molar-refractivity contribution is -0.142. The van der Waals surface area contributed by atoms with Gasteiger partial charge in [0.25, 0.3) is 0 Å². The van der Waals surface area contributed by atoms with Gasteiger partial charge in [0.05, 0.1) is 0 Å². The van der Waals surface area contributed by atoms with E-state index in [4.69, 9.17) is 9.47 Å². The molecular formula is C23H35N3O6. The zero-order valence-corrected chi connectivity index (χ0v) is 19.6. The molecule has 1 saturated heterocycles. The average Bonchev–Trinajstić information content (AvgIpc) is 2.70. The predicted octanol–water partition coefficient (Wildman–Crippen LogP) is 3.20. The fourth-order valence-corrected chi connectivity index (χ4v) is 3.41. The van der Waals surface area contributed by atoms with Crippen molar-refractivity contribution in [2.45, 2.75) is 52.7 Å². The summed E-state index contributed by atoms with van der Waals surface area (Å²) < 4.78 is 10.6. The maximum absolute atomic E-state index is 12.2. The molecule has 1 fully saturated rings. The van der Waals surface area contributed by atoms with Crippen molar-refractivity contribution in [2.75, 3.05) is 32.7 Å². The van der Waals surface area contributed by atoms with Crippen LogP contribution in [0.3, 0.4) is 0 Å². The third kappa shape index (κ3) is 8.03. The van der Waals surface area contributed by atoms with Gasteiger partial charge in [-0.05, 0) is 51.3 Å². The molecule has 32 heavy (non-hydrogen) atoms. The van der Waals surface area contributed by atoms with E-state index in [0.29, 0.717) is 44.9 Å². The molecule has 1 aliphatic heterocycles. The van der Waals surface area contributed by atoms with Gasteiger partial charge in [0.15, 0.2) is 0 Å². The Kier molecular flexibility index (Phi) is 8.49. The third-order valence-electron chi connectivity index (χ3n) is 5.34. The second-order valence-electron chi connectivity index (χ2n) is 9.67. The lowest BCUT2D eigenvalue weighted by Crippen LogP contribution is -2.53. The van der Waals surface area contributed by atoms with Crippen molar-refractivity contribution >= 4 is 18.2 Å². The number of amides is 2. The number of nitrogens with one attached hydrogen (secondary N) is 1. The van der Waals surface area contributed by atoms with Gasteiger partial charge in [-0.2, -0.15) is 0 Å². The van der Waals surface area contributed by atoms with E-state index >= 15 is 0 Å². The van der Waals surface area contributed by atoms with E-state index < -0.39 is 29.1 Å². The van der Waals surface area contributed by atoms with Gasteiger partial charge in [-0.1, -0.05) is 32.0 Å². The predicted molar refractivity (Wildman–Crippen MR) is 120 cm³/mol. The zero-order chi connectivity index (χ0) is 23.9. The molecule has 1 aromatic carbocycles. The first-order valence-electron chi connectivity index (χ1n) is 10.8. The van der Waals surface area contributed by atoms with Crippen molar-refractivity contribution in [1.29, 1.82) is 0 Å². The Bertz CT molecular complexity index is 783. The minimum atomic E-state index is -1.12. The number of para-hydroxylation sites is 1. The van der Waals surface area contributed by atoms with Gasteiger partial charge in [-0.15, -0.1) is 0 Å². The molecule has 0 radical (unpaired) electrons. The number of carboxylic acid groups (broad SMARTS) is 1. The van der Waals surface area contributed by atoms with Crippen LogP contribution in [0.25, 0.3) is 0 Å². The maximum Gasteiger partial charge on any atom is 0.413 e. The first-order valence-corrected chi connectivity index (χ1v) is 10.8. The van der Waals surface area contributed by atoms with E-state index in [0.717, 1.165) is 0 Å². The molecule has 1 aromatic rings. The Morgan fingerprint density at radius 3 is 2.16 bits per heavy atom. The Balaban J connectivity index is 1.85. The number of benzene rings is 1. The second kappa shape index (κ2) is 10.7. The Morgan fingerprint density at radius 1 is 1.03 bits per heavy atom. The summed E-state index contributed by atoms with van der Waals surface area (Å²) in [6.07, 6.45) is -0.575. The van der Waals surface area contributed by atoms with Gasteiger partial charge >= 0.3 is 18.2 Å². The van der Waals surface area contributed by atoms with E-state index in [1.165, 1.54) is 0 Å². The average molecular weight is 450 g/mol. The molecule has 1 heterocycles. The van der Waals surface area contributed by atoms with Crippen LogP contribution in [0.2, 0.25) is 0 Å². The Morgan fingerprint density at radius 2 is 1.62 bits per heavy atom. The summed E-state index contributed by atoms with van der Waals surface area (Å²) in [7, 11) is 0. The van der Waals surface area contributed by atoms with Crippen LogP contribution in [0.4, 0.5) is 9.59 Å². The highest BCUT2D eigenvalue weighted by atomic mass is 16.6. The topological polar surface area (TPSA) is 108 Å². The van der Waals surface area contributed by atoms with Gasteiger partial charge in [-0.25, -0.2) is 14.4 Å². The van der Waals surface area contributed by atoms with Gasteiger partial charge in [0.1, 0.15) is 17.4 Å². The molecule has 0 unspecified atom stereocenters. The summed E-state index contributed by atoms with van der Waals surface area (Å²) in [6.45, 7) is 12.3. The van der Waals surface area contributed by atoms with E-state index in [9.17, 15) is 19.5 Å². The molecule has 9 heteroatoms. The van der Waals surface area contributed by atoms with Gasteiger partial charge in [-0.3, -0.25) is 4.90 Å². The molecule has 0 spiro atoms. The lowest BCUT2D eigenvalue weighted by Gasteiger charge is -2.38. The summed E-state index contributed by atoms with van der Waals surface area (Å²) in [6, 6.07) is 7.38. The first-order chi connectivity index (χ1) is 14.9. The van der Waals surface area contributed by atoms with E-state index in [1.54, 1.807) is 35.2 Å². The maximum atomic E-state index is 12.2. The summed E-state index contributed by atoms with van der Waals surface area (Å²) >= 11 is 0. The number of carboxylic acids is 1. The van der Waals surface area contributed by atoms with Gasteiger partial charge in [0, 0.05) is 26.2 Å². The Labute approximate surface area is 189 Å². The number of rotatable bonds is 7. The molecule has 1 aliphatic rings. The van der Waals surface area contributed by atoms with Crippen LogP contribution < -0.4 is 10.1 Å². The molecule has 0 saturated carbocycles. The molecule has 2 amide bonds. The second-order valence-corrected chi connectivity index (χ2v) is 9.67. The highest BCUT2D eigenvalue weighted by molar-refractivity contribution is 5.81. The van der Waals surface area contributed by atoms with Crippen LogP contribution in [0.1, 0.15) is 41.0 Å². The summed E-state index contributed by atoms with van der Waals surface area (Å²) in [5.74, 6) is -0.774. The summed E-state index contributed by atoms with van der Waals surface area (Å²) in [4.78, 5) is 40.2. The first kappa shape index (κ1) is 25.5. The highest BCUT2D eigenvalue weighted by Gasteiger charge is 2.37. The van der Waals surface area contributed by atoms with Crippen molar-refractivity contribution in [3.05, 3.63) is 30.3 Å². The van der Waals surface area contributed by atoms with Crippen molar-refractivity contribution < 1.29 is 29.0 Å². The molecule has 0 aliphatic carbocycles. The summed E-state index contributed by atoms with van der Waals surface area (Å²) in [5.41, 5.74) is -1.25. The van der Waals surface area contributed by atoms with E-state index in [-0.39, 0.29) is 6.09 Å². The molecule has 9 nitrogen and oxygen atoms in total. The number of nitrogens with zero attached hydrogens (tertiary/aromatic N) is 2. The van der Waals surface area contributed by atoms with Crippen LogP contribution in [0, 0.1) is 5.41 Å². The normalized spacial score (nSPS) is 16.2. The number of carbonyl (C=O) groups is 3. The zero-order valence-electron chi connectivity index (χ0n) is 19.6. The molecule has 0 aromatic heterocycles. The molecule has 178 valence electrons. The third-order valence-corrected chi connectivity index (χ3v) is 5.34. The number of hydrogen-bond acceptors (Lipinski definition) is 6. The number of carbonyl (C=O) groups excluding carboxylic acids is 2. The monoisotopic (exact) mass is 449 g/mol. The van der Waals surface area contributed by atoms with Crippen LogP contribution >= 0.6 is 0 Å². The summed E-state index contributed by atoms with van der Waals surface area (Å²) in [5, 5.41) is 12.2. The van der Waals surface area contributed by atoms with Crippen LogP contribution in [-0.2, 0) is 9.53 Å². The van der Waals surface area contributed by atoms with Crippen LogP contribution in [0.15, 0.2) is 30.3 Å². The van der Waals surface area contributed by atoms with Crippen molar-refractivity contribution in [1.82, 2.24) is 15.1 Å². The minimum absolute atomic E-state index is 0.315. The Hall–Kier alpha value is -2.81. The molecule has 2 rings (SSSR count). The smallest absolute Gasteiger partial charge is 0.413 e. The molecule has 1 atom stereocenters. The number of ether oxygens (including phenoxy) is 2. The van der Waals surface area contributed by atoms with Crippen molar-refractivity contribution in [3.8, 4) is 5.75 Å². The fraction of sp³-hybridized carbons (Fsp3) is 0.609. The van der Waals surface area contributed by atoms with Gasteiger partial charge < -0.3 is 24.8 Å². The molecule has 2 N–H and O–H groups in total. The van der Waals surface area contributed by atoms with Crippen molar-refractivity contribution in [3.63, 3.8) is 0 Å². The number of hydrogen-bond donors (Lipinski definition) is 2.